The number of β-lactam (4-membered cyclic amide) rings is 1. The SMILES string of the molecule is COCC(CS[C@]1(C(=O)O)CN2C(=O)C(NC(=O)/C(=N\OC(C)(C)C(=O)O)c3csc(N)n3)[C@H]2S1)NC(=O)c1ccc(O)c(O)c1Cl. The van der Waals surface area contributed by atoms with Gasteiger partial charge in [-0.25, -0.2) is 14.6 Å². The van der Waals surface area contributed by atoms with Crippen molar-refractivity contribution in [1.29, 1.82) is 0 Å². The molecule has 4 rings (SSSR count). The van der Waals surface area contributed by atoms with E-state index in [1.165, 1.54) is 37.3 Å². The molecule has 254 valence electrons. The quantitative estimate of drug-likeness (QED) is 0.0611. The molecule has 0 bridgehead atoms. The molecule has 17 nitrogen and oxygen atoms in total. The molecule has 0 aliphatic carbocycles. The first kappa shape index (κ1) is 35.9. The van der Waals surface area contributed by atoms with E-state index in [2.05, 4.69) is 20.8 Å². The Bertz CT molecular complexity index is 1640. The third kappa shape index (κ3) is 7.45. The van der Waals surface area contributed by atoms with Crippen LogP contribution in [0.15, 0.2) is 22.7 Å². The van der Waals surface area contributed by atoms with Gasteiger partial charge < -0.3 is 51.3 Å². The van der Waals surface area contributed by atoms with E-state index in [4.69, 9.17) is 26.9 Å². The summed E-state index contributed by atoms with van der Waals surface area (Å²) < 4.78 is 3.59. The number of oxime groups is 1. The van der Waals surface area contributed by atoms with Crippen LogP contribution in [-0.2, 0) is 28.8 Å². The van der Waals surface area contributed by atoms with E-state index >= 15 is 0 Å². The fourth-order valence-corrected chi connectivity index (χ4v) is 8.14. The van der Waals surface area contributed by atoms with Crippen LogP contribution in [0, 0.1) is 0 Å². The van der Waals surface area contributed by atoms with E-state index in [0.29, 0.717) is 0 Å². The largest absolute Gasteiger partial charge is 0.504 e. The van der Waals surface area contributed by atoms with Crippen LogP contribution in [-0.4, -0.2) is 119 Å². The van der Waals surface area contributed by atoms with Crippen molar-refractivity contribution in [2.24, 2.45) is 5.16 Å². The van der Waals surface area contributed by atoms with E-state index < -0.39 is 74.0 Å². The number of aromatic nitrogens is 1. The minimum atomic E-state index is -1.81. The molecule has 2 aromatic rings. The second kappa shape index (κ2) is 14.0. The number of nitrogens with two attached hydrogens (primary N) is 1. The Kier molecular flexibility index (Phi) is 10.7. The van der Waals surface area contributed by atoms with Crippen molar-refractivity contribution in [3.05, 3.63) is 33.8 Å². The third-order valence-electron chi connectivity index (χ3n) is 6.86. The Hall–Kier alpha value is -3.98. The Labute approximate surface area is 283 Å². The number of carbonyl (C=O) groups excluding carboxylic acids is 3. The summed E-state index contributed by atoms with van der Waals surface area (Å²) in [5, 5.41) is 48.3. The number of halogens is 1. The van der Waals surface area contributed by atoms with Crippen LogP contribution in [0.5, 0.6) is 11.5 Å². The summed E-state index contributed by atoms with van der Waals surface area (Å²) in [6, 6.07) is 0.382. The molecule has 2 aliphatic rings. The number of carboxylic acid groups (broad SMARTS) is 2. The second-order valence-corrected chi connectivity index (χ2v) is 14.9. The number of hydrogen-bond donors (Lipinski definition) is 7. The molecule has 1 aromatic carbocycles. The van der Waals surface area contributed by atoms with E-state index in [-0.39, 0.29) is 40.3 Å². The lowest BCUT2D eigenvalue weighted by Gasteiger charge is -2.41. The summed E-state index contributed by atoms with van der Waals surface area (Å²) >= 11 is 8.85. The fourth-order valence-electron chi connectivity index (χ4n) is 4.24. The molecule has 2 unspecified atom stereocenters. The first-order valence-corrected chi connectivity index (χ1v) is 16.5. The number of benzene rings is 1. The number of ether oxygens (including phenoxy) is 1. The Morgan fingerprint density at radius 1 is 1.30 bits per heavy atom. The van der Waals surface area contributed by atoms with Gasteiger partial charge in [0, 0.05) is 18.2 Å². The van der Waals surface area contributed by atoms with Crippen LogP contribution in [0.4, 0.5) is 5.13 Å². The number of phenolic OH excluding ortho intramolecular Hbond substituents is 2. The van der Waals surface area contributed by atoms with Gasteiger partial charge >= 0.3 is 11.9 Å². The summed E-state index contributed by atoms with van der Waals surface area (Å²) in [6.45, 7) is 2.17. The Morgan fingerprint density at radius 3 is 2.60 bits per heavy atom. The van der Waals surface area contributed by atoms with Gasteiger partial charge in [-0.15, -0.1) is 34.9 Å². The number of carboxylic acids is 2. The maximum atomic E-state index is 13.3. The van der Waals surface area contributed by atoms with Crippen LogP contribution in [0.2, 0.25) is 5.02 Å². The minimum absolute atomic E-state index is 0.00506. The van der Waals surface area contributed by atoms with Crippen molar-refractivity contribution < 1.29 is 54.0 Å². The van der Waals surface area contributed by atoms with Gasteiger partial charge in [0.1, 0.15) is 17.1 Å². The number of aliphatic carboxylic acids is 2. The van der Waals surface area contributed by atoms with Gasteiger partial charge in [0.25, 0.3) is 11.8 Å². The number of thioether (sulfide) groups is 2. The van der Waals surface area contributed by atoms with Crippen LogP contribution in [0.1, 0.15) is 29.9 Å². The van der Waals surface area contributed by atoms with Gasteiger partial charge in [-0.3, -0.25) is 14.4 Å². The predicted octanol–water partition coefficient (Wildman–Crippen LogP) is 0.733. The summed E-state index contributed by atoms with van der Waals surface area (Å²) in [5.41, 5.74) is 3.27. The monoisotopic (exact) mass is 732 g/mol. The van der Waals surface area contributed by atoms with Crippen LogP contribution < -0.4 is 16.4 Å². The zero-order valence-corrected chi connectivity index (χ0v) is 28.0. The molecule has 2 saturated heterocycles. The van der Waals surface area contributed by atoms with E-state index in [1.807, 2.05) is 0 Å². The molecule has 2 aliphatic heterocycles. The Balaban J connectivity index is 1.47. The third-order valence-corrected chi connectivity index (χ3v) is 11.4. The highest BCUT2D eigenvalue weighted by Crippen LogP contribution is 2.52. The van der Waals surface area contributed by atoms with E-state index in [9.17, 15) is 44.4 Å². The van der Waals surface area contributed by atoms with E-state index in [0.717, 1.165) is 40.9 Å². The normalized spacial score (nSPS) is 21.4. The summed E-state index contributed by atoms with van der Waals surface area (Å²) in [5.74, 6) is -6.01. The molecule has 0 radical (unpaired) electrons. The molecular weight excluding hydrogens is 704 g/mol. The number of rotatable bonds is 14. The number of anilines is 1. The van der Waals surface area contributed by atoms with E-state index in [1.54, 1.807) is 0 Å². The number of nitrogens with zero attached hydrogens (tertiary/aromatic N) is 3. The molecule has 3 amide bonds. The molecule has 8 N–H and O–H groups in total. The highest BCUT2D eigenvalue weighted by Gasteiger charge is 2.63. The Morgan fingerprint density at radius 2 is 2.00 bits per heavy atom. The first-order chi connectivity index (χ1) is 22.0. The zero-order chi connectivity index (χ0) is 34.8. The topological polar surface area (TPSA) is 263 Å². The van der Waals surface area contributed by atoms with Gasteiger partial charge in [0.15, 0.2) is 26.4 Å². The molecule has 1 aromatic heterocycles. The summed E-state index contributed by atoms with van der Waals surface area (Å²) in [7, 11) is 1.38. The van der Waals surface area contributed by atoms with Crippen LogP contribution >= 0.6 is 46.5 Å². The molecule has 3 heterocycles. The number of phenols is 2. The number of nitrogens with one attached hydrogen (secondary N) is 2. The number of methoxy groups -OCH3 is 1. The molecule has 4 atom stereocenters. The van der Waals surface area contributed by atoms with Gasteiger partial charge in [-0.2, -0.15) is 0 Å². The van der Waals surface area contributed by atoms with Crippen LogP contribution in [0.3, 0.4) is 0 Å². The summed E-state index contributed by atoms with van der Waals surface area (Å²) in [6.07, 6.45) is 0. The standard InChI is InChI=1S/C26H29ClN6O11S3/c1-25(2,22(39)40)44-32-15(12-8-45-24(28)30-12)19(37)31-16-20(38)33-9-26(23(41)42,47-21(16)33)46-7-10(6-43-3)29-18(36)11-4-5-13(34)17(35)14(11)27/h4-5,8,10,16,21,34-35H,6-7,9H2,1-3H3,(H2,28,30)(H,29,36)(H,31,37)(H,39,40)(H,41,42)/b32-15-/t10?,16?,21-,26-/m1/s1. The maximum absolute atomic E-state index is 13.3. The number of hydrogen-bond acceptors (Lipinski definition) is 15. The number of aromatic hydroxyl groups is 2. The molecule has 0 spiro atoms. The minimum Gasteiger partial charge on any atom is -0.504 e. The maximum Gasteiger partial charge on any atom is 0.350 e. The molecule has 0 saturated carbocycles. The number of thiazole rings is 1. The van der Waals surface area contributed by atoms with Gasteiger partial charge in [0.05, 0.1) is 29.8 Å². The van der Waals surface area contributed by atoms with Crippen molar-refractivity contribution >= 4 is 87.0 Å². The average Bonchev–Trinajstić information content (AvgIpc) is 3.60. The van der Waals surface area contributed by atoms with Crippen LogP contribution in [0.25, 0.3) is 0 Å². The lowest BCUT2D eigenvalue weighted by atomic mass is 10.1. The number of nitrogen functional groups attached to an aromatic ring is 1. The van der Waals surface area contributed by atoms with Crippen molar-refractivity contribution in [1.82, 2.24) is 20.5 Å². The molecule has 21 heteroatoms. The summed E-state index contributed by atoms with van der Waals surface area (Å²) in [4.78, 5) is 73.7. The van der Waals surface area contributed by atoms with Gasteiger partial charge in [-0.05, 0) is 26.0 Å². The number of fused-ring (bicyclic) bond motifs is 1. The van der Waals surface area contributed by atoms with Crippen molar-refractivity contribution in [2.75, 3.05) is 31.7 Å². The highest BCUT2D eigenvalue weighted by atomic mass is 35.5. The smallest absolute Gasteiger partial charge is 0.350 e. The first-order valence-electron chi connectivity index (χ1n) is 13.4. The van der Waals surface area contributed by atoms with Gasteiger partial charge in [-0.1, -0.05) is 16.8 Å². The zero-order valence-electron chi connectivity index (χ0n) is 24.8. The predicted molar refractivity (Wildman–Crippen MR) is 172 cm³/mol. The average molecular weight is 733 g/mol. The van der Waals surface area contributed by atoms with Crippen molar-refractivity contribution in [3.8, 4) is 11.5 Å². The molecule has 47 heavy (non-hydrogen) atoms. The highest BCUT2D eigenvalue weighted by molar-refractivity contribution is 8.20. The van der Waals surface area contributed by atoms with Crippen molar-refractivity contribution in [3.63, 3.8) is 0 Å². The van der Waals surface area contributed by atoms with Crippen molar-refractivity contribution in [2.45, 2.75) is 41.0 Å². The number of carbonyl (C=O) groups is 5. The lowest BCUT2D eigenvalue weighted by molar-refractivity contribution is -0.161. The molecule has 2 fully saturated rings. The number of amides is 3. The van der Waals surface area contributed by atoms with Gasteiger partial charge in [0.2, 0.25) is 11.5 Å². The fraction of sp³-hybridized carbons (Fsp3) is 0.423. The second-order valence-electron chi connectivity index (χ2n) is 10.6. The molecular formula is C26H29ClN6O11S3. The lowest BCUT2D eigenvalue weighted by Crippen LogP contribution is -2.68.